The molecule has 3 aliphatic rings. The van der Waals surface area contributed by atoms with Crippen molar-refractivity contribution in [2.24, 2.45) is 5.92 Å². The molecule has 4 atom stereocenters. The summed E-state index contributed by atoms with van der Waals surface area (Å²) in [5.41, 5.74) is 4.32. The van der Waals surface area contributed by atoms with Gasteiger partial charge in [0.1, 0.15) is 6.04 Å². The zero-order valence-electron chi connectivity index (χ0n) is 20.0. The monoisotopic (exact) mass is 474 g/mol. The zero-order valence-corrected chi connectivity index (χ0v) is 20.8. The lowest BCUT2D eigenvalue weighted by Crippen LogP contribution is -2.44. The Morgan fingerprint density at radius 1 is 1.26 bits per heavy atom. The van der Waals surface area contributed by atoms with Crippen LogP contribution in [0.5, 0.6) is 0 Å². The van der Waals surface area contributed by atoms with E-state index in [4.69, 9.17) is 11.6 Å². The van der Waals surface area contributed by atoms with Crippen molar-refractivity contribution in [3.05, 3.63) is 76.5 Å². The number of anilines is 1. The number of nitrogens with one attached hydrogen (secondary N) is 1. The molecule has 5 rings (SSSR count). The number of piperidine rings is 1. The van der Waals surface area contributed by atoms with E-state index in [1.807, 2.05) is 35.2 Å². The lowest BCUT2D eigenvalue weighted by molar-refractivity contribution is 0.0984. The Labute approximate surface area is 207 Å². The fraction of sp³-hybridized carbons (Fsp3) is 0.429. The van der Waals surface area contributed by atoms with Gasteiger partial charge in [-0.25, -0.2) is 0 Å². The van der Waals surface area contributed by atoms with Gasteiger partial charge in [-0.15, -0.1) is 0 Å². The van der Waals surface area contributed by atoms with E-state index in [0.717, 1.165) is 28.9 Å². The number of hydrogen-bond donors (Lipinski definition) is 1. The highest BCUT2D eigenvalue weighted by molar-refractivity contribution is 6.31. The van der Waals surface area contributed by atoms with Gasteiger partial charge in [0.15, 0.2) is 0 Å². The first-order valence-corrected chi connectivity index (χ1v) is 12.4. The van der Waals surface area contributed by atoms with Crippen LogP contribution >= 0.6 is 11.6 Å². The summed E-state index contributed by atoms with van der Waals surface area (Å²) in [5.74, 6) is 0.619. The highest BCUT2D eigenvalue weighted by atomic mass is 35.5. The molecule has 1 aliphatic carbocycles. The number of carbonyl (C=O) groups is 1. The van der Waals surface area contributed by atoms with Gasteiger partial charge in [-0.05, 0) is 55.0 Å². The molecule has 0 aromatic heterocycles. The Hall–Kier alpha value is -2.81. The van der Waals surface area contributed by atoms with E-state index < -0.39 is 0 Å². The van der Waals surface area contributed by atoms with E-state index in [0.29, 0.717) is 35.6 Å². The van der Waals surface area contributed by atoms with Gasteiger partial charge in [-0.1, -0.05) is 56.3 Å². The Balaban J connectivity index is 1.38. The van der Waals surface area contributed by atoms with Crippen LogP contribution < -0.4 is 10.2 Å². The minimum absolute atomic E-state index is 0.0238. The van der Waals surface area contributed by atoms with Gasteiger partial charge >= 0.3 is 0 Å². The number of benzene rings is 2. The third-order valence-corrected chi connectivity index (χ3v) is 7.96. The average molecular weight is 475 g/mol. The Kier molecular flexibility index (Phi) is 5.70. The first-order chi connectivity index (χ1) is 16.2. The third-order valence-electron chi connectivity index (χ3n) is 7.73. The molecule has 1 saturated heterocycles. The fourth-order valence-electron chi connectivity index (χ4n) is 5.81. The van der Waals surface area contributed by atoms with Gasteiger partial charge in [0.05, 0.1) is 6.07 Å². The molecule has 6 heteroatoms. The lowest BCUT2D eigenvalue weighted by Gasteiger charge is -2.31. The van der Waals surface area contributed by atoms with Crippen molar-refractivity contribution in [3.63, 3.8) is 0 Å². The van der Waals surface area contributed by atoms with Gasteiger partial charge in [-0.2, -0.15) is 5.26 Å². The second kappa shape index (κ2) is 8.45. The molecule has 0 bridgehead atoms. The maximum Gasteiger partial charge on any atom is 0.258 e. The van der Waals surface area contributed by atoms with E-state index in [1.54, 1.807) is 6.07 Å². The van der Waals surface area contributed by atoms with Crippen LogP contribution in [0.15, 0.2) is 54.7 Å². The van der Waals surface area contributed by atoms with Crippen molar-refractivity contribution in [3.8, 4) is 6.07 Å². The maximum absolute atomic E-state index is 13.8. The van der Waals surface area contributed by atoms with Crippen LogP contribution in [-0.4, -0.2) is 42.0 Å². The summed E-state index contributed by atoms with van der Waals surface area (Å²) in [4.78, 5) is 17.9. The molecule has 1 N–H and O–H groups in total. The molecule has 2 heterocycles. The molecule has 0 spiro atoms. The largest absolute Gasteiger partial charge is 0.355 e. The molecule has 34 heavy (non-hydrogen) atoms. The molecular weight excluding hydrogens is 444 g/mol. The highest BCUT2D eigenvalue weighted by Gasteiger charge is 2.52. The number of nitriles is 1. The van der Waals surface area contributed by atoms with Crippen LogP contribution in [0.2, 0.25) is 5.02 Å². The Bertz CT molecular complexity index is 1200. The molecule has 1 unspecified atom stereocenters. The van der Waals surface area contributed by atoms with E-state index in [9.17, 15) is 10.1 Å². The van der Waals surface area contributed by atoms with Crippen molar-refractivity contribution in [2.75, 3.05) is 18.0 Å². The van der Waals surface area contributed by atoms with Crippen LogP contribution in [0.1, 0.15) is 55.1 Å². The number of para-hydroxylation sites is 1. The van der Waals surface area contributed by atoms with E-state index >= 15 is 0 Å². The second-order valence-electron chi connectivity index (χ2n) is 10.4. The van der Waals surface area contributed by atoms with Crippen LogP contribution in [0, 0.1) is 17.2 Å². The van der Waals surface area contributed by atoms with Crippen molar-refractivity contribution >= 4 is 23.2 Å². The van der Waals surface area contributed by atoms with Gasteiger partial charge in [0.2, 0.25) is 0 Å². The first-order valence-electron chi connectivity index (χ1n) is 12.0. The molecule has 1 amide bonds. The normalized spacial score (nSPS) is 25.0. The smallest absolute Gasteiger partial charge is 0.258 e. The quantitative estimate of drug-likeness (QED) is 0.632. The van der Waals surface area contributed by atoms with Gasteiger partial charge < -0.3 is 15.1 Å². The van der Waals surface area contributed by atoms with Crippen LogP contribution in [0.3, 0.4) is 0 Å². The molecule has 176 valence electrons. The number of amides is 1. The standard InChI is InChI=1S/C28H31ClN4O/c1-17(31-15-18(2)33-21(14-30)11-19-12-26(19)33)16-32-25-8-6-5-7-24(25)28(3,4)23-10-9-20(29)13-22(23)27(32)34/h5-10,13,17,19,21,26,31H,2,11-12,15-16H2,1,3-4H3/t17-,19+,21?,26-/m0/s1. The summed E-state index contributed by atoms with van der Waals surface area (Å²) in [7, 11) is 0. The predicted octanol–water partition coefficient (Wildman–Crippen LogP) is 5.10. The minimum atomic E-state index is -0.339. The number of likely N-dealkylation sites (tertiary alicyclic amines) is 1. The zero-order chi connectivity index (χ0) is 24.2. The van der Waals surface area contributed by atoms with Gasteiger partial charge in [0.25, 0.3) is 5.91 Å². The van der Waals surface area contributed by atoms with Crippen molar-refractivity contribution in [2.45, 2.75) is 57.2 Å². The summed E-state index contributed by atoms with van der Waals surface area (Å²) < 4.78 is 0. The molecule has 5 nitrogen and oxygen atoms in total. The average Bonchev–Trinajstić information content (AvgIpc) is 3.50. The van der Waals surface area contributed by atoms with Gasteiger partial charge in [0, 0.05) is 52.6 Å². The summed E-state index contributed by atoms with van der Waals surface area (Å²) in [6, 6.07) is 16.7. The highest BCUT2D eigenvalue weighted by Crippen LogP contribution is 2.49. The van der Waals surface area contributed by atoms with Crippen molar-refractivity contribution in [1.82, 2.24) is 10.2 Å². The minimum Gasteiger partial charge on any atom is -0.355 e. The molecule has 0 radical (unpaired) electrons. The number of rotatable bonds is 6. The number of hydrogen-bond acceptors (Lipinski definition) is 4. The maximum atomic E-state index is 13.8. The molecular formula is C28H31ClN4O. The summed E-state index contributed by atoms with van der Waals surface area (Å²) in [5, 5.41) is 13.6. The van der Waals surface area contributed by atoms with Crippen LogP contribution in [0.4, 0.5) is 5.69 Å². The predicted molar refractivity (Wildman–Crippen MR) is 136 cm³/mol. The van der Waals surface area contributed by atoms with E-state index in [2.05, 4.69) is 49.7 Å². The Morgan fingerprint density at radius 3 is 2.79 bits per heavy atom. The molecule has 2 aliphatic heterocycles. The molecule has 2 aromatic carbocycles. The number of nitrogens with zero attached hydrogens (tertiary/aromatic N) is 3. The van der Waals surface area contributed by atoms with Crippen molar-refractivity contribution in [1.29, 1.82) is 5.26 Å². The van der Waals surface area contributed by atoms with Crippen LogP contribution in [-0.2, 0) is 5.41 Å². The topological polar surface area (TPSA) is 59.4 Å². The Morgan fingerprint density at radius 2 is 2.03 bits per heavy atom. The van der Waals surface area contributed by atoms with E-state index in [1.165, 1.54) is 6.42 Å². The third kappa shape index (κ3) is 3.79. The number of halogens is 1. The summed E-state index contributed by atoms with van der Waals surface area (Å²) >= 11 is 6.32. The summed E-state index contributed by atoms with van der Waals surface area (Å²) in [6.45, 7) is 11.8. The second-order valence-corrected chi connectivity index (χ2v) is 10.9. The van der Waals surface area contributed by atoms with Gasteiger partial charge in [-0.3, -0.25) is 4.79 Å². The molecule has 2 fully saturated rings. The SMILES string of the molecule is C=C(CN[C@@H](C)CN1C(=O)c2cc(Cl)ccc2C(C)(C)c2ccccc21)N1C(C#N)C[C@@H]2C[C@@H]21. The number of carbonyl (C=O) groups excluding carboxylic acids is 1. The fourth-order valence-corrected chi connectivity index (χ4v) is 5.98. The molecule has 1 saturated carbocycles. The lowest BCUT2D eigenvalue weighted by atomic mass is 9.76. The van der Waals surface area contributed by atoms with Crippen molar-refractivity contribution < 1.29 is 4.79 Å². The summed E-state index contributed by atoms with van der Waals surface area (Å²) in [6.07, 6.45) is 2.12. The van der Waals surface area contributed by atoms with Crippen LogP contribution in [0.25, 0.3) is 0 Å². The number of fused-ring (bicyclic) bond motifs is 3. The first kappa shape index (κ1) is 23.0. The van der Waals surface area contributed by atoms with E-state index in [-0.39, 0.29) is 23.4 Å². The molecule has 2 aromatic rings.